The number of aromatic nitrogens is 2. The Labute approximate surface area is 86.5 Å². The summed E-state index contributed by atoms with van der Waals surface area (Å²) in [5.74, 6) is 0. The first kappa shape index (κ1) is 11.1. The van der Waals surface area contributed by atoms with Gasteiger partial charge in [0.25, 0.3) is 0 Å². The van der Waals surface area contributed by atoms with Gasteiger partial charge in [0.15, 0.2) is 0 Å². The van der Waals surface area contributed by atoms with E-state index in [0.717, 1.165) is 0 Å². The Balaban J connectivity index is 2.62. The molecule has 0 amide bonds. The number of hydrogen-bond acceptors (Lipinski definition) is 2. The van der Waals surface area contributed by atoms with E-state index in [0.29, 0.717) is 6.04 Å². The van der Waals surface area contributed by atoms with Crippen molar-refractivity contribution >= 4 is 5.69 Å². The largest absolute Gasteiger partial charge is 0.380 e. The molecule has 0 spiro atoms. The first-order chi connectivity index (χ1) is 6.69. The van der Waals surface area contributed by atoms with Crippen molar-refractivity contribution in [1.82, 2.24) is 9.78 Å². The molecule has 0 saturated carbocycles. The number of rotatable bonds is 5. The fraction of sp³-hybridized carbons (Fsp3) is 0.727. The summed E-state index contributed by atoms with van der Waals surface area (Å²) < 4.78 is 1.90. The van der Waals surface area contributed by atoms with E-state index in [1.165, 1.54) is 30.6 Å². The lowest BCUT2D eigenvalue weighted by Gasteiger charge is -2.16. The number of anilines is 1. The Morgan fingerprint density at radius 2 is 2.21 bits per heavy atom. The minimum Gasteiger partial charge on any atom is -0.380 e. The standard InChI is InChI=1S/C11H21N3/c1-5-7-10(6-2)13-11-8-12-14(4)9(11)3/h8,10,13H,5-7H2,1-4H3. The van der Waals surface area contributed by atoms with Gasteiger partial charge in [0.1, 0.15) is 0 Å². The van der Waals surface area contributed by atoms with Gasteiger partial charge >= 0.3 is 0 Å². The summed E-state index contributed by atoms with van der Waals surface area (Å²) in [6.07, 6.45) is 5.53. The quantitative estimate of drug-likeness (QED) is 0.783. The second-order valence-corrected chi connectivity index (χ2v) is 3.81. The monoisotopic (exact) mass is 195 g/mol. The Hall–Kier alpha value is -0.990. The molecule has 1 unspecified atom stereocenters. The number of hydrogen-bond donors (Lipinski definition) is 1. The maximum atomic E-state index is 4.22. The molecular weight excluding hydrogens is 174 g/mol. The zero-order valence-electron chi connectivity index (χ0n) is 9.67. The van der Waals surface area contributed by atoms with Crippen LogP contribution in [0.3, 0.4) is 0 Å². The van der Waals surface area contributed by atoms with Crippen molar-refractivity contribution in [3.8, 4) is 0 Å². The highest BCUT2D eigenvalue weighted by molar-refractivity contribution is 5.46. The second kappa shape index (κ2) is 5.03. The summed E-state index contributed by atoms with van der Waals surface area (Å²) in [4.78, 5) is 0. The first-order valence-electron chi connectivity index (χ1n) is 5.44. The van der Waals surface area contributed by atoms with Crippen molar-refractivity contribution < 1.29 is 0 Å². The topological polar surface area (TPSA) is 29.9 Å². The minimum absolute atomic E-state index is 0.586. The Morgan fingerprint density at radius 3 is 2.64 bits per heavy atom. The van der Waals surface area contributed by atoms with E-state index < -0.39 is 0 Å². The summed E-state index contributed by atoms with van der Waals surface area (Å²) in [7, 11) is 1.97. The molecular formula is C11H21N3. The lowest BCUT2D eigenvalue weighted by Crippen LogP contribution is -2.18. The summed E-state index contributed by atoms with van der Waals surface area (Å²) in [6, 6.07) is 0.586. The molecule has 80 valence electrons. The van der Waals surface area contributed by atoms with Crippen LogP contribution in [-0.2, 0) is 7.05 Å². The third kappa shape index (κ3) is 2.50. The van der Waals surface area contributed by atoms with E-state index in [-0.39, 0.29) is 0 Å². The summed E-state index contributed by atoms with van der Waals surface area (Å²) in [5.41, 5.74) is 2.38. The van der Waals surface area contributed by atoms with Crippen molar-refractivity contribution in [2.75, 3.05) is 5.32 Å². The molecule has 3 heteroatoms. The van der Waals surface area contributed by atoms with Crippen LogP contribution in [0.5, 0.6) is 0 Å². The average Bonchev–Trinajstić information content (AvgIpc) is 2.49. The van der Waals surface area contributed by atoms with Gasteiger partial charge in [0.2, 0.25) is 0 Å². The fourth-order valence-corrected chi connectivity index (χ4v) is 1.59. The van der Waals surface area contributed by atoms with Gasteiger partial charge in [-0.05, 0) is 19.8 Å². The molecule has 1 aromatic rings. The second-order valence-electron chi connectivity index (χ2n) is 3.81. The van der Waals surface area contributed by atoms with E-state index in [1.807, 2.05) is 17.9 Å². The number of aryl methyl sites for hydroxylation is 1. The van der Waals surface area contributed by atoms with Crippen LogP contribution < -0.4 is 5.32 Å². The van der Waals surface area contributed by atoms with Crippen LogP contribution in [-0.4, -0.2) is 15.8 Å². The molecule has 0 aliphatic rings. The Kier molecular flexibility index (Phi) is 3.98. The number of nitrogens with one attached hydrogen (secondary N) is 1. The summed E-state index contributed by atoms with van der Waals surface area (Å²) >= 11 is 0. The molecule has 1 rings (SSSR count). The molecule has 14 heavy (non-hydrogen) atoms. The molecule has 1 N–H and O–H groups in total. The fourth-order valence-electron chi connectivity index (χ4n) is 1.59. The van der Waals surface area contributed by atoms with Gasteiger partial charge in [-0.1, -0.05) is 20.3 Å². The highest BCUT2D eigenvalue weighted by Crippen LogP contribution is 2.16. The number of nitrogens with zero attached hydrogens (tertiary/aromatic N) is 2. The van der Waals surface area contributed by atoms with Crippen molar-refractivity contribution in [3.05, 3.63) is 11.9 Å². The SMILES string of the molecule is CCCC(CC)Nc1cnn(C)c1C. The smallest absolute Gasteiger partial charge is 0.0758 e. The highest BCUT2D eigenvalue weighted by atomic mass is 15.3. The van der Waals surface area contributed by atoms with E-state index in [1.54, 1.807) is 0 Å². The van der Waals surface area contributed by atoms with E-state index in [4.69, 9.17) is 0 Å². The van der Waals surface area contributed by atoms with Crippen LogP contribution in [0.4, 0.5) is 5.69 Å². The molecule has 1 heterocycles. The Morgan fingerprint density at radius 1 is 1.50 bits per heavy atom. The van der Waals surface area contributed by atoms with E-state index >= 15 is 0 Å². The molecule has 0 fully saturated rings. The normalized spacial score (nSPS) is 12.9. The average molecular weight is 195 g/mol. The molecule has 0 aliphatic heterocycles. The minimum atomic E-state index is 0.586. The Bertz CT molecular complexity index is 278. The van der Waals surface area contributed by atoms with Gasteiger partial charge in [-0.3, -0.25) is 4.68 Å². The van der Waals surface area contributed by atoms with Gasteiger partial charge in [-0.25, -0.2) is 0 Å². The first-order valence-corrected chi connectivity index (χ1v) is 5.44. The third-order valence-corrected chi connectivity index (χ3v) is 2.72. The van der Waals surface area contributed by atoms with Crippen LogP contribution >= 0.6 is 0 Å². The van der Waals surface area contributed by atoms with Crippen LogP contribution in [0.15, 0.2) is 6.20 Å². The van der Waals surface area contributed by atoms with E-state index in [9.17, 15) is 0 Å². The van der Waals surface area contributed by atoms with Crippen molar-refractivity contribution in [2.24, 2.45) is 7.05 Å². The van der Waals surface area contributed by atoms with Crippen LogP contribution in [0.25, 0.3) is 0 Å². The molecule has 0 saturated heterocycles. The maximum absolute atomic E-state index is 4.22. The van der Waals surface area contributed by atoms with Crippen LogP contribution in [0.1, 0.15) is 38.8 Å². The molecule has 0 aromatic carbocycles. The van der Waals surface area contributed by atoms with Crippen molar-refractivity contribution in [1.29, 1.82) is 0 Å². The molecule has 0 bridgehead atoms. The summed E-state index contributed by atoms with van der Waals surface area (Å²) in [5, 5.41) is 7.75. The highest BCUT2D eigenvalue weighted by Gasteiger charge is 2.08. The third-order valence-electron chi connectivity index (χ3n) is 2.72. The lowest BCUT2D eigenvalue weighted by molar-refractivity contribution is 0.622. The van der Waals surface area contributed by atoms with Crippen molar-refractivity contribution in [3.63, 3.8) is 0 Å². The predicted molar refractivity (Wildman–Crippen MR) is 60.6 cm³/mol. The van der Waals surface area contributed by atoms with Gasteiger partial charge < -0.3 is 5.32 Å². The van der Waals surface area contributed by atoms with Crippen molar-refractivity contribution in [2.45, 2.75) is 46.1 Å². The zero-order chi connectivity index (χ0) is 10.6. The molecule has 0 radical (unpaired) electrons. The predicted octanol–water partition coefficient (Wildman–Crippen LogP) is 2.72. The van der Waals surface area contributed by atoms with Crippen LogP contribution in [0.2, 0.25) is 0 Å². The summed E-state index contributed by atoms with van der Waals surface area (Å²) in [6.45, 7) is 6.54. The van der Waals surface area contributed by atoms with Gasteiger partial charge in [-0.15, -0.1) is 0 Å². The van der Waals surface area contributed by atoms with Gasteiger partial charge in [0.05, 0.1) is 17.6 Å². The molecule has 0 aliphatic carbocycles. The van der Waals surface area contributed by atoms with Gasteiger partial charge in [-0.2, -0.15) is 5.10 Å². The molecule has 3 nitrogen and oxygen atoms in total. The van der Waals surface area contributed by atoms with Crippen LogP contribution in [0, 0.1) is 6.92 Å². The van der Waals surface area contributed by atoms with E-state index in [2.05, 4.69) is 31.2 Å². The molecule has 1 aromatic heterocycles. The lowest BCUT2D eigenvalue weighted by atomic mass is 10.1. The maximum Gasteiger partial charge on any atom is 0.0758 e. The zero-order valence-corrected chi connectivity index (χ0v) is 9.67. The van der Waals surface area contributed by atoms with Gasteiger partial charge in [0, 0.05) is 13.1 Å². The molecule has 1 atom stereocenters.